The molecule has 0 spiro atoms. The van der Waals surface area contributed by atoms with Gasteiger partial charge in [0.15, 0.2) is 0 Å². The number of amides is 14. The Hall–Kier alpha value is -8.03. The molecule has 0 aromatic heterocycles. The molecule has 0 saturated carbocycles. The lowest BCUT2D eigenvalue weighted by Gasteiger charge is -2.35. The molecule has 4 saturated heterocycles. The SMILES string of the molecule is CC[C@H](C)[C@H](NC(=O)[C@H](C)NC(=O)[C@@H](N)C(C)C)C(=O)N[C@@H](CCC(N)=O)C(=O)N1CCC[C@H]1C(=O)N1CCC[C@H]1C(=O)N1CCC[C@H]1C(=O)N[C@H](C(=O)N[C@H](C(=O)N[C@H](C(=O)N[C@H](C(=O)N[C@@H](CC(C)C)C(=O)N1CCC[C@H]1C(=O)NCC(=O)O)[C@@H](C)O)C(C)C)C(C)C)C(C)C. The number of likely N-dealkylation sites (tertiary alicyclic amines) is 4. The van der Waals surface area contributed by atoms with Crippen molar-refractivity contribution in [2.45, 2.75) is 259 Å². The molecule has 0 bridgehead atoms. The van der Waals surface area contributed by atoms with E-state index in [0.29, 0.717) is 32.1 Å². The zero-order chi connectivity index (χ0) is 73.9. The van der Waals surface area contributed by atoms with Crippen LogP contribution in [0, 0.1) is 35.5 Å². The van der Waals surface area contributed by atoms with Crippen molar-refractivity contribution in [2.75, 3.05) is 32.7 Å². The van der Waals surface area contributed by atoms with Gasteiger partial charge in [0.25, 0.3) is 0 Å². The third-order valence-corrected chi connectivity index (χ3v) is 18.7. The predicted molar refractivity (Wildman–Crippen MR) is 357 cm³/mol. The van der Waals surface area contributed by atoms with E-state index in [1.807, 2.05) is 0 Å². The van der Waals surface area contributed by atoms with Crippen molar-refractivity contribution in [3.8, 4) is 0 Å². The third-order valence-electron chi connectivity index (χ3n) is 18.7. The van der Waals surface area contributed by atoms with Crippen molar-refractivity contribution in [2.24, 2.45) is 47.0 Å². The quantitative estimate of drug-likeness (QED) is 0.0318. The molecular weight excluding hydrogens is 1270 g/mol. The van der Waals surface area contributed by atoms with Gasteiger partial charge in [0.05, 0.1) is 12.1 Å². The topological polar surface area (TPSA) is 470 Å². The Bertz CT molecular complexity index is 2890. The number of nitrogens with two attached hydrogens (primary N) is 2. The lowest BCUT2D eigenvalue weighted by Crippen LogP contribution is -2.63. The number of hydrogen-bond acceptors (Lipinski definition) is 17. The van der Waals surface area contributed by atoms with Crippen LogP contribution in [-0.4, -0.2) is 236 Å². The molecular formula is C66H111N15O17. The van der Waals surface area contributed by atoms with Gasteiger partial charge in [-0.3, -0.25) is 71.9 Å². The van der Waals surface area contributed by atoms with E-state index in [1.54, 1.807) is 83.1 Å². The van der Waals surface area contributed by atoms with Crippen molar-refractivity contribution in [1.29, 1.82) is 0 Å². The van der Waals surface area contributed by atoms with Gasteiger partial charge in [-0.15, -0.1) is 0 Å². The smallest absolute Gasteiger partial charge is 0.322 e. The molecule has 15 N–H and O–H groups in total. The number of aliphatic hydroxyl groups excluding tert-OH is 1. The third kappa shape index (κ3) is 22.5. The van der Waals surface area contributed by atoms with Gasteiger partial charge in [-0.1, -0.05) is 89.5 Å². The van der Waals surface area contributed by atoms with Gasteiger partial charge in [-0.25, -0.2) is 0 Å². The summed E-state index contributed by atoms with van der Waals surface area (Å²) in [5.41, 5.74) is 11.5. The highest BCUT2D eigenvalue weighted by Gasteiger charge is 2.48. The molecule has 4 fully saturated rings. The van der Waals surface area contributed by atoms with E-state index in [4.69, 9.17) is 16.6 Å². The Kier molecular flexibility index (Phi) is 31.8. The van der Waals surface area contributed by atoms with Crippen LogP contribution < -0.4 is 59.3 Å². The van der Waals surface area contributed by atoms with Gasteiger partial charge in [0, 0.05) is 32.6 Å². The molecule has 32 nitrogen and oxygen atoms in total. The summed E-state index contributed by atoms with van der Waals surface area (Å²) >= 11 is 0. The maximum absolute atomic E-state index is 14.7. The summed E-state index contributed by atoms with van der Waals surface area (Å²) in [6.07, 6.45) is 0.938. The minimum absolute atomic E-state index is 0.0929. The summed E-state index contributed by atoms with van der Waals surface area (Å²) in [5, 5.41) is 43.5. The molecule has 4 rings (SSSR count). The van der Waals surface area contributed by atoms with E-state index in [-0.39, 0.29) is 83.0 Å². The number of primary amides is 1. The molecule has 98 heavy (non-hydrogen) atoms. The molecule has 14 amide bonds. The number of hydrogen-bond donors (Lipinski definition) is 13. The highest BCUT2D eigenvalue weighted by Crippen LogP contribution is 2.30. The molecule has 15 atom stereocenters. The van der Waals surface area contributed by atoms with Gasteiger partial charge in [-0.2, -0.15) is 0 Å². The first-order chi connectivity index (χ1) is 45.8. The number of carbonyl (C=O) groups is 15. The second-order valence-corrected chi connectivity index (χ2v) is 28.4. The van der Waals surface area contributed by atoms with Crippen LogP contribution in [-0.2, 0) is 71.9 Å². The Labute approximate surface area is 574 Å². The highest BCUT2D eigenvalue weighted by molar-refractivity contribution is 6.01. The van der Waals surface area contributed by atoms with E-state index in [0.717, 1.165) is 0 Å². The number of nitrogens with one attached hydrogen (secondary N) is 9. The summed E-state index contributed by atoms with van der Waals surface area (Å²) in [5.74, 6) is -13.8. The van der Waals surface area contributed by atoms with Crippen molar-refractivity contribution in [3.63, 3.8) is 0 Å². The number of carbonyl (C=O) groups excluding carboxylic acids is 14. The van der Waals surface area contributed by atoms with E-state index in [1.165, 1.54) is 33.4 Å². The van der Waals surface area contributed by atoms with Crippen molar-refractivity contribution >= 4 is 88.7 Å². The maximum Gasteiger partial charge on any atom is 0.322 e. The molecule has 4 aliphatic heterocycles. The van der Waals surface area contributed by atoms with Crippen molar-refractivity contribution in [1.82, 2.24) is 67.5 Å². The molecule has 0 aromatic carbocycles. The van der Waals surface area contributed by atoms with Crippen LogP contribution in [0.1, 0.15) is 174 Å². The largest absolute Gasteiger partial charge is 0.480 e. The van der Waals surface area contributed by atoms with E-state index in [2.05, 4.69) is 47.9 Å². The maximum atomic E-state index is 14.7. The van der Waals surface area contributed by atoms with E-state index in [9.17, 15) is 77.0 Å². The van der Waals surface area contributed by atoms with Crippen LogP contribution in [0.3, 0.4) is 0 Å². The second kappa shape index (κ2) is 37.8. The summed E-state index contributed by atoms with van der Waals surface area (Å²) in [4.78, 5) is 211. The molecule has 4 aliphatic rings. The molecule has 0 aliphatic carbocycles. The Morgan fingerprint density at radius 3 is 1.29 bits per heavy atom. The number of aliphatic carboxylic acids is 1. The average Bonchev–Trinajstić information content (AvgIpc) is 1.61. The fraction of sp³-hybridized carbons (Fsp3) is 0.773. The Morgan fingerprint density at radius 1 is 0.449 bits per heavy atom. The fourth-order valence-corrected chi connectivity index (χ4v) is 12.7. The minimum atomic E-state index is -1.66. The lowest BCUT2D eigenvalue weighted by atomic mass is 9.97. The van der Waals surface area contributed by atoms with Crippen LogP contribution >= 0.6 is 0 Å². The summed E-state index contributed by atoms with van der Waals surface area (Å²) in [6.45, 7) is 23.0. The van der Waals surface area contributed by atoms with E-state index < -0.39 is 204 Å². The Morgan fingerprint density at radius 2 is 0.837 bits per heavy atom. The van der Waals surface area contributed by atoms with Crippen LogP contribution in [0.15, 0.2) is 0 Å². The van der Waals surface area contributed by atoms with Crippen molar-refractivity contribution in [3.05, 3.63) is 0 Å². The van der Waals surface area contributed by atoms with E-state index >= 15 is 0 Å². The number of carboxylic acids is 1. The highest BCUT2D eigenvalue weighted by atomic mass is 16.4. The number of carboxylic acid groups (broad SMARTS) is 1. The normalized spacial score (nSPS) is 21.2. The fourth-order valence-electron chi connectivity index (χ4n) is 12.7. The van der Waals surface area contributed by atoms with Crippen LogP contribution in [0.2, 0.25) is 0 Å². The van der Waals surface area contributed by atoms with Gasteiger partial charge in [0.2, 0.25) is 82.7 Å². The molecule has 4 heterocycles. The van der Waals surface area contributed by atoms with Crippen LogP contribution in [0.25, 0.3) is 0 Å². The summed E-state index contributed by atoms with van der Waals surface area (Å²) in [6, 6.07) is -15.5. The van der Waals surface area contributed by atoms with Gasteiger partial charge in [0.1, 0.15) is 79.0 Å². The molecule has 552 valence electrons. The summed E-state index contributed by atoms with van der Waals surface area (Å²) in [7, 11) is 0. The zero-order valence-electron chi connectivity index (χ0n) is 59.5. The first kappa shape index (κ1) is 82.4. The molecule has 0 unspecified atom stereocenters. The number of rotatable bonds is 35. The van der Waals surface area contributed by atoms with Crippen molar-refractivity contribution < 1.29 is 82.1 Å². The average molecular weight is 1390 g/mol. The molecule has 0 radical (unpaired) electrons. The molecule has 0 aromatic rings. The Balaban J connectivity index is 1.45. The van der Waals surface area contributed by atoms with Gasteiger partial charge < -0.3 is 89.1 Å². The number of aliphatic hydroxyl groups is 1. The monoisotopic (exact) mass is 1390 g/mol. The van der Waals surface area contributed by atoms with Gasteiger partial charge in [-0.05, 0) is 114 Å². The predicted octanol–water partition coefficient (Wildman–Crippen LogP) is -2.26. The summed E-state index contributed by atoms with van der Waals surface area (Å²) < 4.78 is 0. The number of nitrogens with zero attached hydrogens (tertiary/aromatic N) is 4. The first-order valence-electron chi connectivity index (χ1n) is 34.7. The lowest BCUT2D eigenvalue weighted by molar-refractivity contribution is -0.151. The standard InChI is InChI=1S/C66H111N15O17/c1-15-37(12)52(76-54(86)38(13)70-57(89)48(68)33(4)5)61(93)71-40(24-25-46(67)83)63(95)80-28-18-22-44(80)66(98)81-29-19-23-45(81)65(97)79-27-17-21-43(79)56(88)73-49(34(6)7)58(90)74-50(35(8)9)59(91)75-51(36(10)11)60(92)77-53(39(14)82)62(94)72-41(30-32(2)3)64(96)78-26-16-20-42(78)55(87)69-31-47(84)85/h32-45,48-53,82H,15-31,68H2,1-14H3,(H2,67,83)(H,69,87)(H,70,89)(H,71,93)(H,72,94)(H,73,88)(H,74,90)(H,75,91)(H,76,86)(H,77,92)(H,84,85)/t37-,38-,39+,40-,41-,42-,43-,44-,45-,48-,49-,50-,51-,52-,53-/m0/s1. The van der Waals surface area contributed by atoms with Crippen LogP contribution in [0.5, 0.6) is 0 Å². The first-order valence-corrected chi connectivity index (χ1v) is 34.7. The van der Waals surface area contributed by atoms with Gasteiger partial charge >= 0.3 is 5.97 Å². The second-order valence-electron chi connectivity index (χ2n) is 28.4. The molecule has 32 heteroatoms. The zero-order valence-corrected chi connectivity index (χ0v) is 59.5. The minimum Gasteiger partial charge on any atom is -0.480 e. The van der Waals surface area contributed by atoms with Crippen LogP contribution in [0.4, 0.5) is 0 Å².